The van der Waals surface area contributed by atoms with E-state index in [1.54, 1.807) is 0 Å². The van der Waals surface area contributed by atoms with Crippen molar-refractivity contribution in [3.63, 3.8) is 0 Å². The highest BCUT2D eigenvalue weighted by Gasteiger charge is 2.28. The molecular formula is C18H21ClN2OS. The molecule has 0 saturated carbocycles. The number of nitrogens with two attached hydrogens (primary N) is 1. The highest BCUT2D eigenvalue weighted by atomic mass is 35.5. The van der Waals surface area contributed by atoms with Gasteiger partial charge in [-0.05, 0) is 23.3 Å². The molecule has 0 aliphatic carbocycles. The molecule has 2 aromatic rings. The van der Waals surface area contributed by atoms with Crippen molar-refractivity contribution in [3.05, 3.63) is 71.3 Å². The molecule has 23 heavy (non-hydrogen) atoms. The first-order chi connectivity index (χ1) is 10.8. The number of halogens is 1. The van der Waals surface area contributed by atoms with Crippen LogP contribution in [0.2, 0.25) is 0 Å². The number of carbonyl (C=O) groups is 1. The highest BCUT2D eigenvalue weighted by molar-refractivity contribution is 7.99. The van der Waals surface area contributed by atoms with Gasteiger partial charge in [0.05, 0.1) is 6.04 Å². The maximum Gasteiger partial charge on any atom is 0.254 e. The molecule has 0 spiro atoms. The molecule has 0 radical (unpaired) electrons. The second-order valence-corrected chi connectivity index (χ2v) is 6.55. The molecule has 3 nitrogen and oxygen atoms in total. The molecule has 122 valence electrons. The van der Waals surface area contributed by atoms with Crippen LogP contribution in [0.1, 0.15) is 27.5 Å². The Bertz CT molecular complexity index is 633. The number of thioether (sulfide) groups is 1. The maximum absolute atomic E-state index is 12.9. The number of amides is 1. The topological polar surface area (TPSA) is 46.3 Å². The monoisotopic (exact) mass is 348 g/mol. The summed E-state index contributed by atoms with van der Waals surface area (Å²) in [6.07, 6.45) is 0. The van der Waals surface area contributed by atoms with E-state index in [9.17, 15) is 4.79 Å². The van der Waals surface area contributed by atoms with E-state index in [0.717, 1.165) is 29.2 Å². The number of nitrogens with zero attached hydrogens (tertiary/aromatic N) is 1. The summed E-state index contributed by atoms with van der Waals surface area (Å²) < 4.78 is 0. The SMILES string of the molecule is Cl.NCc1ccc(C(=O)N2CCSCC2c2ccccc2)cc1. The van der Waals surface area contributed by atoms with E-state index in [-0.39, 0.29) is 24.4 Å². The molecule has 1 aliphatic rings. The molecule has 1 aliphatic heterocycles. The molecule has 1 fully saturated rings. The second-order valence-electron chi connectivity index (χ2n) is 5.40. The standard InChI is InChI=1S/C18H20N2OS.ClH/c19-12-14-6-8-16(9-7-14)18(21)20-10-11-22-13-17(20)15-4-2-1-3-5-15;/h1-9,17H,10-13,19H2;1H. The van der Waals surface area contributed by atoms with Crippen LogP contribution in [-0.2, 0) is 6.54 Å². The first-order valence-electron chi connectivity index (χ1n) is 7.52. The molecule has 1 heterocycles. The van der Waals surface area contributed by atoms with E-state index in [1.165, 1.54) is 5.56 Å². The van der Waals surface area contributed by atoms with Crippen molar-refractivity contribution in [2.45, 2.75) is 12.6 Å². The van der Waals surface area contributed by atoms with Crippen molar-refractivity contribution >= 4 is 30.1 Å². The smallest absolute Gasteiger partial charge is 0.254 e. The van der Waals surface area contributed by atoms with Crippen LogP contribution < -0.4 is 5.73 Å². The lowest BCUT2D eigenvalue weighted by Gasteiger charge is -2.36. The predicted molar refractivity (Wildman–Crippen MR) is 99.1 cm³/mol. The van der Waals surface area contributed by atoms with Gasteiger partial charge in [0.1, 0.15) is 0 Å². The van der Waals surface area contributed by atoms with Gasteiger partial charge in [0.25, 0.3) is 5.91 Å². The van der Waals surface area contributed by atoms with E-state index >= 15 is 0 Å². The summed E-state index contributed by atoms with van der Waals surface area (Å²) in [6.45, 7) is 1.29. The quantitative estimate of drug-likeness (QED) is 0.923. The molecule has 1 unspecified atom stereocenters. The molecular weight excluding hydrogens is 328 g/mol. The van der Waals surface area contributed by atoms with Gasteiger partial charge >= 0.3 is 0 Å². The summed E-state index contributed by atoms with van der Waals surface area (Å²) in [7, 11) is 0. The maximum atomic E-state index is 12.9. The molecule has 2 aromatic carbocycles. The van der Waals surface area contributed by atoms with Gasteiger partial charge in [-0.1, -0.05) is 42.5 Å². The number of hydrogen-bond acceptors (Lipinski definition) is 3. The Morgan fingerprint density at radius 2 is 1.83 bits per heavy atom. The zero-order valence-electron chi connectivity index (χ0n) is 12.9. The summed E-state index contributed by atoms with van der Waals surface area (Å²) in [6, 6.07) is 18.1. The van der Waals surface area contributed by atoms with Crippen LogP contribution in [0, 0.1) is 0 Å². The number of hydrogen-bond donors (Lipinski definition) is 1. The third-order valence-corrected chi connectivity index (χ3v) is 5.03. The first-order valence-corrected chi connectivity index (χ1v) is 8.67. The van der Waals surface area contributed by atoms with E-state index in [1.807, 2.05) is 59.1 Å². The highest BCUT2D eigenvalue weighted by Crippen LogP contribution is 2.30. The zero-order valence-corrected chi connectivity index (χ0v) is 14.5. The van der Waals surface area contributed by atoms with Crippen LogP contribution in [0.25, 0.3) is 0 Å². The van der Waals surface area contributed by atoms with E-state index < -0.39 is 0 Å². The van der Waals surface area contributed by atoms with E-state index in [2.05, 4.69) is 12.1 Å². The number of rotatable bonds is 3. The average molecular weight is 349 g/mol. The van der Waals surface area contributed by atoms with Crippen molar-refractivity contribution in [3.8, 4) is 0 Å². The Balaban J connectivity index is 0.00000192. The summed E-state index contributed by atoms with van der Waals surface area (Å²) in [5.41, 5.74) is 8.62. The Kier molecular flexibility index (Phi) is 6.51. The normalized spacial score (nSPS) is 17.4. The van der Waals surface area contributed by atoms with Crippen molar-refractivity contribution in [1.29, 1.82) is 0 Å². The fraction of sp³-hybridized carbons (Fsp3) is 0.278. The van der Waals surface area contributed by atoms with Gasteiger partial charge in [0.15, 0.2) is 0 Å². The first kappa shape index (κ1) is 17.9. The minimum absolute atomic E-state index is 0. The van der Waals surface area contributed by atoms with Gasteiger partial charge in [-0.15, -0.1) is 12.4 Å². The van der Waals surface area contributed by atoms with Gasteiger partial charge in [-0.2, -0.15) is 11.8 Å². The molecule has 1 saturated heterocycles. The van der Waals surface area contributed by atoms with Crippen molar-refractivity contribution in [2.24, 2.45) is 5.73 Å². The molecule has 1 amide bonds. The summed E-state index contributed by atoms with van der Waals surface area (Å²) in [5.74, 6) is 2.06. The fourth-order valence-corrected chi connectivity index (χ4v) is 3.84. The van der Waals surface area contributed by atoms with Crippen molar-refractivity contribution in [1.82, 2.24) is 4.90 Å². The van der Waals surface area contributed by atoms with Gasteiger partial charge in [-0.3, -0.25) is 4.79 Å². The Labute approximate surface area is 147 Å². The predicted octanol–water partition coefficient (Wildman–Crippen LogP) is 3.50. The molecule has 1 atom stereocenters. The number of carbonyl (C=O) groups excluding carboxylic acids is 1. The Morgan fingerprint density at radius 3 is 2.48 bits per heavy atom. The van der Waals surface area contributed by atoms with Crippen LogP contribution in [0.3, 0.4) is 0 Å². The lowest BCUT2D eigenvalue weighted by molar-refractivity contribution is 0.0701. The van der Waals surface area contributed by atoms with Crippen molar-refractivity contribution < 1.29 is 4.79 Å². The van der Waals surface area contributed by atoms with Gasteiger partial charge in [0, 0.05) is 30.2 Å². The summed E-state index contributed by atoms with van der Waals surface area (Å²) >= 11 is 1.91. The van der Waals surface area contributed by atoms with Crippen LogP contribution in [0.5, 0.6) is 0 Å². The lowest BCUT2D eigenvalue weighted by Crippen LogP contribution is -2.40. The molecule has 0 bridgehead atoms. The largest absolute Gasteiger partial charge is 0.330 e. The van der Waals surface area contributed by atoms with Crippen LogP contribution in [0.4, 0.5) is 0 Å². The van der Waals surface area contributed by atoms with Crippen LogP contribution in [0.15, 0.2) is 54.6 Å². The number of benzene rings is 2. The van der Waals surface area contributed by atoms with Crippen LogP contribution in [-0.4, -0.2) is 28.9 Å². The summed E-state index contributed by atoms with van der Waals surface area (Å²) in [4.78, 5) is 14.9. The third-order valence-electron chi connectivity index (χ3n) is 4.01. The zero-order chi connectivity index (χ0) is 15.4. The van der Waals surface area contributed by atoms with E-state index in [0.29, 0.717) is 6.54 Å². The lowest BCUT2D eigenvalue weighted by atomic mass is 10.0. The average Bonchev–Trinajstić information content (AvgIpc) is 2.62. The van der Waals surface area contributed by atoms with Gasteiger partial charge in [-0.25, -0.2) is 0 Å². The van der Waals surface area contributed by atoms with Gasteiger partial charge < -0.3 is 10.6 Å². The molecule has 2 N–H and O–H groups in total. The van der Waals surface area contributed by atoms with Crippen molar-refractivity contribution in [2.75, 3.05) is 18.1 Å². The molecule has 0 aromatic heterocycles. The van der Waals surface area contributed by atoms with E-state index in [4.69, 9.17) is 5.73 Å². The Hall–Kier alpha value is -1.49. The third kappa shape index (κ3) is 4.08. The minimum atomic E-state index is 0. The molecule has 3 rings (SSSR count). The second kappa shape index (κ2) is 8.39. The van der Waals surface area contributed by atoms with Gasteiger partial charge in [0.2, 0.25) is 0 Å². The Morgan fingerprint density at radius 1 is 1.13 bits per heavy atom. The van der Waals surface area contributed by atoms with Crippen LogP contribution >= 0.6 is 24.2 Å². The molecule has 5 heteroatoms. The minimum Gasteiger partial charge on any atom is -0.330 e. The summed E-state index contributed by atoms with van der Waals surface area (Å²) in [5, 5.41) is 0. The fourth-order valence-electron chi connectivity index (χ4n) is 2.75.